The largest absolute Gasteiger partial charge is 0.393 e. The van der Waals surface area contributed by atoms with Crippen LogP contribution < -0.4 is 5.32 Å². The Labute approximate surface area is 74.4 Å². The molecule has 0 bridgehead atoms. The molecule has 12 heavy (non-hydrogen) atoms. The SMILES string of the molecule is CC(C)NC1CC2(CC(O)C2)C1. The minimum atomic E-state index is 0.0185. The summed E-state index contributed by atoms with van der Waals surface area (Å²) >= 11 is 0. The average molecular weight is 169 g/mol. The fourth-order valence-electron chi connectivity index (χ4n) is 2.85. The van der Waals surface area contributed by atoms with Gasteiger partial charge in [-0.15, -0.1) is 0 Å². The molecule has 0 aromatic heterocycles. The van der Waals surface area contributed by atoms with E-state index in [2.05, 4.69) is 19.2 Å². The highest BCUT2D eigenvalue weighted by Gasteiger charge is 2.52. The van der Waals surface area contributed by atoms with Gasteiger partial charge in [0.05, 0.1) is 6.10 Å². The topological polar surface area (TPSA) is 32.3 Å². The van der Waals surface area contributed by atoms with Crippen molar-refractivity contribution < 1.29 is 5.11 Å². The summed E-state index contributed by atoms with van der Waals surface area (Å²) in [6.07, 6.45) is 4.72. The van der Waals surface area contributed by atoms with Crippen molar-refractivity contribution in [3.05, 3.63) is 0 Å². The molecule has 2 saturated carbocycles. The van der Waals surface area contributed by atoms with Crippen LogP contribution in [0.1, 0.15) is 39.5 Å². The fraction of sp³-hybridized carbons (Fsp3) is 1.00. The standard InChI is InChI=1S/C10H19NO/c1-7(2)11-8-3-10(4-8)5-9(12)6-10/h7-9,11-12H,3-6H2,1-2H3. The van der Waals surface area contributed by atoms with E-state index in [4.69, 9.17) is 0 Å². The molecule has 0 aromatic rings. The molecule has 0 aliphatic heterocycles. The summed E-state index contributed by atoms with van der Waals surface area (Å²) in [5.74, 6) is 0. The van der Waals surface area contributed by atoms with Gasteiger partial charge in [0, 0.05) is 12.1 Å². The molecule has 2 fully saturated rings. The molecule has 0 heterocycles. The van der Waals surface area contributed by atoms with Gasteiger partial charge in [0.25, 0.3) is 0 Å². The highest BCUT2D eigenvalue weighted by atomic mass is 16.3. The molecule has 0 amide bonds. The lowest BCUT2D eigenvalue weighted by Gasteiger charge is -2.56. The summed E-state index contributed by atoms with van der Waals surface area (Å²) in [6.45, 7) is 4.39. The Balaban J connectivity index is 1.70. The predicted molar refractivity (Wildman–Crippen MR) is 49.0 cm³/mol. The summed E-state index contributed by atoms with van der Waals surface area (Å²) in [7, 11) is 0. The maximum atomic E-state index is 9.20. The van der Waals surface area contributed by atoms with Gasteiger partial charge in [-0.1, -0.05) is 13.8 Å². The molecule has 1 spiro atoms. The first-order valence-corrected chi connectivity index (χ1v) is 5.04. The predicted octanol–water partition coefficient (Wildman–Crippen LogP) is 1.29. The zero-order valence-corrected chi connectivity index (χ0v) is 8.01. The van der Waals surface area contributed by atoms with Gasteiger partial charge in [-0.05, 0) is 31.1 Å². The molecule has 0 aromatic carbocycles. The zero-order valence-electron chi connectivity index (χ0n) is 8.01. The van der Waals surface area contributed by atoms with E-state index >= 15 is 0 Å². The van der Waals surface area contributed by atoms with E-state index in [-0.39, 0.29) is 6.10 Å². The third-order valence-corrected chi connectivity index (χ3v) is 3.27. The van der Waals surface area contributed by atoms with Crippen molar-refractivity contribution >= 4 is 0 Å². The van der Waals surface area contributed by atoms with Gasteiger partial charge in [0.15, 0.2) is 0 Å². The maximum Gasteiger partial charge on any atom is 0.0550 e. The quantitative estimate of drug-likeness (QED) is 0.653. The van der Waals surface area contributed by atoms with Crippen LogP contribution >= 0.6 is 0 Å². The van der Waals surface area contributed by atoms with Crippen molar-refractivity contribution in [3.8, 4) is 0 Å². The Kier molecular flexibility index (Phi) is 1.92. The average Bonchev–Trinajstić information content (AvgIpc) is 1.78. The van der Waals surface area contributed by atoms with Gasteiger partial charge in [0.2, 0.25) is 0 Å². The van der Waals surface area contributed by atoms with E-state index in [1.54, 1.807) is 0 Å². The van der Waals surface area contributed by atoms with Crippen LogP contribution in [0, 0.1) is 5.41 Å². The third-order valence-electron chi connectivity index (χ3n) is 3.27. The molecule has 0 atom stereocenters. The first kappa shape index (κ1) is 8.52. The second-order valence-corrected chi connectivity index (χ2v) is 4.99. The lowest BCUT2D eigenvalue weighted by molar-refractivity contribution is -0.0979. The van der Waals surface area contributed by atoms with Crippen LogP contribution in [0.5, 0.6) is 0 Å². The molecule has 2 nitrogen and oxygen atoms in total. The van der Waals surface area contributed by atoms with Crippen LogP contribution in [0.15, 0.2) is 0 Å². The molecule has 2 rings (SSSR count). The van der Waals surface area contributed by atoms with Crippen molar-refractivity contribution in [3.63, 3.8) is 0 Å². The smallest absolute Gasteiger partial charge is 0.0550 e. The highest BCUT2D eigenvalue weighted by molar-refractivity contribution is 5.05. The van der Waals surface area contributed by atoms with Crippen LogP contribution in [0.4, 0.5) is 0 Å². The minimum absolute atomic E-state index is 0.0185. The van der Waals surface area contributed by atoms with E-state index < -0.39 is 0 Å². The first-order valence-electron chi connectivity index (χ1n) is 5.04. The van der Waals surface area contributed by atoms with E-state index in [0.29, 0.717) is 11.5 Å². The number of nitrogens with one attached hydrogen (secondary N) is 1. The molecule has 2 N–H and O–H groups in total. The fourth-order valence-corrected chi connectivity index (χ4v) is 2.85. The lowest BCUT2D eigenvalue weighted by Crippen LogP contribution is -2.57. The van der Waals surface area contributed by atoms with Gasteiger partial charge >= 0.3 is 0 Å². The molecule has 0 radical (unpaired) electrons. The second-order valence-electron chi connectivity index (χ2n) is 4.99. The molecular weight excluding hydrogens is 150 g/mol. The molecule has 2 heteroatoms. The number of rotatable bonds is 2. The van der Waals surface area contributed by atoms with E-state index in [1.165, 1.54) is 12.8 Å². The normalized spacial score (nSPS) is 46.0. The summed E-state index contributed by atoms with van der Waals surface area (Å²) in [6, 6.07) is 1.34. The van der Waals surface area contributed by atoms with Gasteiger partial charge in [-0.3, -0.25) is 0 Å². The Morgan fingerprint density at radius 3 is 2.25 bits per heavy atom. The number of aliphatic hydroxyl groups excluding tert-OH is 1. The van der Waals surface area contributed by atoms with Crippen LogP contribution in [0.25, 0.3) is 0 Å². The van der Waals surface area contributed by atoms with E-state index in [9.17, 15) is 5.11 Å². The van der Waals surface area contributed by atoms with Crippen molar-refractivity contribution in [2.24, 2.45) is 5.41 Å². The lowest BCUT2D eigenvalue weighted by atomic mass is 9.53. The summed E-state index contributed by atoms with van der Waals surface area (Å²) in [5.41, 5.74) is 0.561. The molecule has 0 unspecified atom stereocenters. The first-order chi connectivity index (χ1) is 5.60. The maximum absolute atomic E-state index is 9.20. The van der Waals surface area contributed by atoms with Gasteiger partial charge < -0.3 is 10.4 Å². The molecule has 70 valence electrons. The Morgan fingerprint density at radius 2 is 1.83 bits per heavy atom. The van der Waals surface area contributed by atoms with Crippen LogP contribution in [-0.4, -0.2) is 23.3 Å². The van der Waals surface area contributed by atoms with Crippen molar-refractivity contribution in [1.29, 1.82) is 0 Å². The van der Waals surface area contributed by atoms with Crippen LogP contribution in [0.2, 0.25) is 0 Å². The van der Waals surface area contributed by atoms with Crippen molar-refractivity contribution in [1.82, 2.24) is 5.32 Å². The van der Waals surface area contributed by atoms with Crippen LogP contribution in [-0.2, 0) is 0 Å². The second kappa shape index (κ2) is 2.71. The van der Waals surface area contributed by atoms with E-state index in [1.807, 2.05) is 0 Å². The third kappa shape index (κ3) is 1.38. The van der Waals surface area contributed by atoms with Gasteiger partial charge in [0.1, 0.15) is 0 Å². The van der Waals surface area contributed by atoms with Gasteiger partial charge in [-0.25, -0.2) is 0 Å². The summed E-state index contributed by atoms with van der Waals surface area (Å²) in [4.78, 5) is 0. The molecular formula is C10H19NO. The van der Waals surface area contributed by atoms with Crippen LogP contribution in [0.3, 0.4) is 0 Å². The number of hydrogen-bond acceptors (Lipinski definition) is 2. The highest BCUT2D eigenvalue weighted by Crippen LogP contribution is 2.55. The Morgan fingerprint density at radius 1 is 1.25 bits per heavy atom. The summed E-state index contributed by atoms with van der Waals surface area (Å²) in [5, 5.41) is 12.7. The van der Waals surface area contributed by atoms with Crippen molar-refractivity contribution in [2.75, 3.05) is 0 Å². The number of aliphatic hydroxyl groups is 1. The Bertz CT molecular complexity index is 165. The Hall–Kier alpha value is -0.0800. The van der Waals surface area contributed by atoms with Gasteiger partial charge in [-0.2, -0.15) is 0 Å². The number of hydrogen-bond donors (Lipinski definition) is 2. The molecule has 0 saturated heterocycles. The van der Waals surface area contributed by atoms with E-state index in [0.717, 1.165) is 18.9 Å². The molecule has 2 aliphatic rings. The summed E-state index contributed by atoms with van der Waals surface area (Å²) < 4.78 is 0. The minimum Gasteiger partial charge on any atom is -0.393 e. The zero-order chi connectivity index (χ0) is 8.77. The molecule has 2 aliphatic carbocycles. The monoisotopic (exact) mass is 169 g/mol. The van der Waals surface area contributed by atoms with Crippen molar-refractivity contribution in [2.45, 2.75) is 57.7 Å².